The highest BCUT2D eigenvalue weighted by Crippen LogP contribution is 2.46. The number of benzene rings is 7. The van der Waals surface area contributed by atoms with Crippen LogP contribution in [0, 0.1) is 6.85 Å². The van der Waals surface area contributed by atoms with E-state index < -0.39 is 6.85 Å². The van der Waals surface area contributed by atoms with Crippen molar-refractivity contribution < 1.29 is 9.22 Å². The summed E-state index contributed by atoms with van der Waals surface area (Å²) in [6, 6.07) is 57.4. The first-order valence-corrected chi connectivity index (χ1v) is 20.9. The molecule has 61 heavy (non-hydrogen) atoms. The smallest absolute Gasteiger partial charge is 0.149 e. The normalized spacial score (nSPS) is 12.9. The molecule has 0 aliphatic carbocycles. The van der Waals surface area contributed by atoms with Gasteiger partial charge in [-0.25, -0.2) is 4.98 Å². The monoisotopic (exact) mass is 796 g/mol. The van der Waals surface area contributed by atoms with Gasteiger partial charge in [-0.15, -0.1) is 0 Å². The van der Waals surface area contributed by atoms with Crippen molar-refractivity contribution in [3.63, 3.8) is 0 Å². The minimum absolute atomic E-state index is 0.201. The Morgan fingerprint density at radius 2 is 1.15 bits per heavy atom. The van der Waals surface area contributed by atoms with E-state index in [0.717, 1.165) is 83.6 Å². The van der Waals surface area contributed by atoms with Crippen LogP contribution < -0.4 is 0 Å². The molecule has 0 saturated carbocycles. The third-order valence-corrected chi connectivity index (χ3v) is 11.6. The van der Waals surface area contributed by atoms with Gasteiger partial charge >= 0.3 is 0 Å². The molecule has 0 atom stereocenters. The summed E-state index contributed by atoms with van der Waals surface area (Å²) < 4.78 is 25.8. The Morgan fingerprint density at radius 3 is 1.85 bits per heavy atom. The van der Waals surface area contributed by atoms with E-state index in [-0.39, 0.29) is 16.6 Å². The zero-order valence-corrected chi connectivity index (χ0v) is 35.5. The summed E-state index contributed by atoms with van der Waals surface area (Å²) in [5, 5.41) is 12.4. The maximum atomic E-state index is 12.4. The van der Waals surface area contributed by atoms with Crippen LogP contribution in [0.25, 0.3) is 83.9 Å². The number of nitrogens with zero attached hydrogens (tertiary/aromatic N) is 3. The molecule has 9 aromatic rings. The number of aromatic hydroxyl groups is 1. The molecule has 4 nitrogen and oxygen atoms in total. The molecule has 0 aliphatic rings. The zero-order chi connectivity index (χ0) is 45.0. The van der Waals surface area contributed by atoms with Gasteiger partial charge in [-0.2, -0.15) is 0 Å². The number of rotatable bonds is 7. The second-order valence-corrected chi connectivity index (χ2v) is 17.9. The zero-order valence-electron chi connectivity index (χ0n) is 38.5. The van der Waals surface area contributed by atoms with Crippen molar-refractivity contribution in [1.29, 1.82) is 0 Å². The molecule has 0 amide bonds. The maximum absolute atomic E-state index is 12.4. The summed E-state index contributed by atoms with van der Waals surface area (Å²) >= 11 is 0. The number of para-hydroxylation sites is 2. The summed E-state index contributed by atoms with van der Waals surface area (Å²) in [6.45, 7) is 10.9. The van der Waals surface area contributed by atoms with Crippen molar-refractivity contribution >= 4 is 11.0 Å². The Kier molecular flexibility index (Phi) is 9.13. The lowest BCUT2D eigenvalue weighted by Gasteiger charge is -2.27. The Labute approximate surface area is 364 Å². The van der Waals surface area contributed by atoms with Crippen molar-refractivity contribution in [1.82, 2.24) is 14.5 Å². The minimum atomic E-state index is -2.17. The van der Waals surface area contributed by atoms with Gasteiger partial charge in [0.2, 0.25) is 0 Å². The Bertz CT molecular complexity index is 3160. The van der Waals surface area contributed by atoms with Crippen molar-refractivity contribution in [3.8, 4) is 78.6 Å². The lowest BCUT2D eigenvalue weighted by Crippen LogP contribution is -2.17. The summed E-state index contributed by atoms with van der Waals surface area (Å²) in [5.41, 5.74) is 14.7. The second-order valence-electron chi connectivity index (χ2n) is 17.9. The number of phenols is 1. The molecule has 0 saturated heterocycles. The van der Waals surface area contributed by atoms with Crippen LogP contribution in [0.4, 0.5) is 0 Å². The Hall–Kier alpha value is -7.04. The van der Waals surface area contributed by atoms with E-state index in [4.69, 9.17) is 14.1 Å². The summed E-state index contributed by atoms with van der Waals surface area (Å²) in [6.07, 6.45) is 1.81. The molecule has 0 radical (unpaired) electrons. The highest BCUT2D eigenvalue weighted by Gasteiger charge is 2.29. The molecule has 2 aromatic heterocycles. The van der Waals surface area contributed by atoms with Crippen LogP contribution in [-0.4, -0.2) is 19.6 Å². The van der Waals surface area contributed by atoms with Crippen molar-refractivity contribution in [3.05, 3.63) is 193 Å². The number of pyridine rings is 1. The minimum Gasteiger partial charge on any atom is -0.507 e. The SMILES string of the molecule is [2H]C([2H])([2H])c1ccc(-c2ccnc(-c3cc(-c4ccccc4)cc(-c4cccc5c4nc(-c4cc(C(C)(C)C)cc(C(C)(C)C)c4O)n5-c4ccccc4-c4ccccc4)c3)c2)cc1. The highest BCUT2D eigenvalue weighted by atomic mass is 16.3. The number of aryl methyl sites for hydroxylation is 1. The van der Waals surface area contributed by atoms with Gasteiger partial charge in [0.05, 0.1) is 28.0 Å². The Balaban J connectivity index is 1.31. The molecule has 0 bridgehead atoms. The molecular formula is C57H51N3O. The molecule has 0 aliphatic heterocycles. The van der Waals surface area contributed by atoms with E-state index in [9.17, 15) is 5.11 Å². The van der Waals surface area contributed by atoms with Gasteiger partial charge < -0.3 is 5.11 Å². The van der Waals surface area contributed by atoms with Crippen LogP contribution in [-0.2, 0) is 10.8 Å². The molecular weight excluding hydrogens is 743 g/mol. The fourth-order valence-corrected chi connectivity index (χ4v) is 8.26. The number of hydrogen-bond donors (Lipinski definition) is 1. The van der Waals surface area contributed by atoms with E-state index in [1.807, 2.05) is 42.5 Å². The first-order chi connectivity index (χ1) is 30.5. The van der Waals surface area contributed by atoms with E-state index in [1.165, 1.54) is 0 Å². The molecule has 2 heterocycles. The van der Waals surface area contributed by atoms with Gasteiger partial charge in [0.1, 0.15) is 11.6 Å². The number of imidazole rings is 1. The van der Waals surface area contributed by atoms with Crippen LogP contribution in [0.2, 0.25) is 0 Å². The number of phenolic OH excluding ortho intramolecular Hbond substituents is 1. The fourth-order valence-electron chi connectivity index (χ4n) is 8.26. The van der Waals surface area contributed by atoms with Gasteiger partial charge in [-0.3, -0.25) is 9.55 Å². The van der Waals surface area contributed by atoms with Crippen molar-refractivity contribution in [2.45, 2.75) is 59.2 Å². The van der Waals surface area contributed by atoms with Gasteiger partial charge in [0.15, 0.2) is 0 Å². The first-order valence-electron chi connectivity index (χ1n) is 22.4. The van der Waals surface area contributed by atoms with Crippen LogP contribution in [0.1, 0.15) is 62.3 Å². The molecule has 1 N–H and O–H groups in total. The third kappa shape index (κ3) is 7.66. The number of fused-ring (bicyclic) bond motifs is 1. The average molecular weight is 797 g/mol. The second kappa shape index (κ2) is 15.5. The van der Waals surface area contributed by atoms with E-state index in [1.54, 1.807) is 18.3 Å². The quantitative estimate of drug-likeness (QED) is 0.175. The van der Waals surface area contributed by atoms with E-state index in [2.05, 4.69) is 161 Å². The molecule has 300 valence electrons. The topological polar surface area (TPSA) is 50.9 Å². The molecule has 7 aromatic carbocycles. The largest absolute Gasteiger partial charge is 0.507 e. The van der Waals surface area contributed by atoms with Gasteiger partial charge in [-0.05, 0) is 105 Å². The fraction of sp³-hybridized carbons (Fsp3) is 0.158. The van der Waals surface area contributed by atoms with Gasteiger partial charge in [-0.1, -0.05) is 168 Å². The standard InChI is InChI=1S/C57H51N3O/c1-37-25-27-39(28-26-37)41-29-30-58-50(34-41)44-32-42(38-17-10-8-11-18-38)31-43(33-44)47-22-16-24-52-53(47)59-55(48-35-45(56(2,3)4)36-49(54(48)61)57(5,6)7)60(52)51-23-15-14-21-46(51)40-19-12-9-13-20-40/h8-36,61H,1-7H3/i1D3. The molecule has 9 rings (SSSR count). The first kappa shape index (κ1) is 35.9. The van der Waals surface area contributed by atoms with Crippen LogP contribution in [0.5, 0.6) is 5.75 Å². The predicted octanol–water partition coefficient (Wildman–Crippen LogP) is 15.0. The molecule has 0 fully saturated rings. The summed E-state index contributed by atoms with van der Waals surface area (Å²) in [7, 11) is 0. The molecule has 0 spiro atoms. The highest BCUT2D eigenvalue weighted by molar-refractivity contribution is 5.98. The van der Waals surface area contributed by atoms with Crippen LogP contribution >= 0.6 is 0 Å². The lowest BCUT2D eigenvalue weighted by molar-refractivity contribution is 0.446. The number of aromatic nitrogens is 3. The molecule has 0 unspecified atom stereocenters. The van der Waals surface area contributed by atoms with Gasteiger partial charge in [0.25, 0.3) is 0 Å². The summed E-state index contributed by atoms with van der Waals surface area (Å²) in [5.74, 6) is 0.876. The van der Waals surface area contributed by atoms with E-state index >= 15 is 0 Å². The van der Waals surface area contributed by atoms with Crippen molar-refractivity contribution in [2.75, 3.05) is 0 Å². The van der Waals surface area contributed by atoms with Crippen LogP contribution in [0.3, 0.4) is 0 Å². The molecule has 4 heteroatoms. The Morgan fingerprint density at radius 1 is 0.508 bits per heavy atom. The van der Waals surface area contributed by atoms with Crippen LogP contribution in [0.15, 0.2) is 176 Å². The predicted molar refractivity (Wildman–Crippen MR) is 255 cm³/mol. The maximum Gasteiger partial charge on any atom is 0.149 e. The third-order valence-electron chi connectivity index (χ3n) is 11.6. The average Bonchev–Trinajstić information content (AvgIpc) is 3.68. The van der Waals surface area contributed by atoms with Gasteiger partial charge in [0, 0.05) is 32.6 Å². The lowest BCUT2D eigenvalue weighted by atomic mass is 9.79. The van der Waals surface area contributed by atoms with E-state index in [0.29, 0.717) is 17.0 Å². The number of hydrogen-bond acceptors (Lipinski definition) is 3. The summed E-state index contributed by atoms with van der Waals surface area (Å²) in [4.78, 5) is 10.5. The van der Waals surface area contributed by atoms with Crippen molar-refractivity contribution in [2.24, 2.45) is 0 Å².